The number of benzene rings is 1. The van der Waals surface area contributed by atoms with Crippen molar-refractivity contribution in [3.05, 3.63) is 33.9 Å². The van der Waals surface area contributed by atoms with Gasteiger partial charge in [0, 0.05) is 36.8 Å². The molecule has 0 aliphatic heterocycles. The lowest BCUT2D eigenvalue weighted by molar-refractivity contribution is -0.384. The minimum absolute atomic E-state index is 0.0247. The Morgan fingerprint density at radius 1 is 1.38 bits per heavy atom. The zero-order valence-electron chi connectivity index (χ0n) is 12.8. The Bertz CT molecular complexity index is 463. The third-order valence-electron chi connectivity index (χ3n) is 2.96. The molecule has 0 spiro atoms. The van der Waals surface area contributed by atoms with E-state index in [2.05, 4.69) is 19.2 Å². The second kappa shape index (κ2) is 8.59. The molecule has 1 unspecified atom stereocenters. The van der Waals surface area contributed by atoms with E-state index in [0.717, 1.165) is 12.1 Å². The molecule has 0 saturated heterocycles. The third kappa shape index (κ3) is 6.10. The number of aliphatic hydroxyl groups is 1. The quantitative estimate of drug-likeness (QED) is 0.540. The van der Waals surface area contributed by atoms with Gasteiger partial charge in [-0.1, -0.05) is 20.8 Å². The van der Waals surface area contributed by atoms with Crippen LogP contribution in [0.15, 0.2) is 18.2 Å². The van der Waals surface area contributed by atoms with Crippen LogP contribution < -0.4 is 10.1 Å². The fourth-order valence-corrected chi connectivity index (χ4v) is 1.74. The maximum Gasteiger partial charge on any atom is 0.270 e. The van der Waals surface area contributed by atoms with Crippen LogP contribution in [0.4, 0.5) is 5.69 Å². The van der Waals surface area contributed by atoms with Crippen LogP contribution in [0.25, 0.3) is 0 Å². The van der Waals surface area contributed by atoms with E-state index in [1.165, 1.54) is 12.1 Å². The highest BCUT2D eigenvalue weighted by Gasteiger charge is 2.12. The molecule has 1 aromatic carbocycles. The summed E-state index contributed by atoms with van der Waals surface area (Å²) in [5, 5.41) is 23.1. The van der Waals surface area contributed by atoms with Crippen LogP contribution in [0, 0.1) is 22.0 Å². The second-order valence-electron chi connectivity index (χ2n) is 5.67. The number of hydrogen-bond acceptors (Lipinski definition) is 5. The lowest BCUT2D eigenvalue weighted by atomic mass is 10.1. The highest BCUT2D eigenvalue weighted by molar-refractivity contribution is 5.43. The monoisotopic (exact) mass is 296 g/mol. The number of nitrogens with one attached hydrogen (secondary N) is 1. The zero-order chi connectivity index (χ0) is 15.8. The Labute approximate surface area is 125 Å². The van der Waals surface area contributed by atoms with Crippen molar-refractivity contribution in [3.8, 4) is 5.75 Å². The maximum absolute atomic E-state index is 10.9. The van der Waals surface area contributed by atoms with E-state index in [-0.39, 0.29) is 18.2 Å². The largest absolute Gasteiger partial charge is 0.493 e. The first-order valence-corrected chi connectivity index (χ1v) is 7.15. The molecule has 0 aromatic heterocycles. The summed E-state index contributed by atoms with van der Waals surface area (Å²) in [5.41, 5.74) is 0.814. The van der Waals surface area contributed by atoms with Gasteiger partial charge in [-0.05, 0) is 18.5 Å². The van der Waals surface area contributed by atoms with Crippen molar-refractivity contribution in [2.24, 2.45) is 11.8 Å². The van der Waals surface area contributed by atoms with Crippen molar-refractivity contribution in [1.82, 2.24) is 5.32 Å². The predicted molar refractivity (Wildman–Crippen MR) is 81.4 cm³/mol. The normalized spacial score (nSPS) is 12.4. The number of aliphatic hydroxyl groups excluding tert-OH is 1. The average molecular weight is 296 g/mol. The van der Waals surface area contributed by atoms with E-state index >= 15 is 0 Å². The Hall–Kier alpha value is -1.66. The van der Waals surface area contributed by atoms with Gasteiger partial charge in [0.2, 0.25) is 0 Å². The van der Waals surface area contributed by atoms with Crippen molar-refractivity contribution in [2.45, 2.75) is 27.3 Å². The first-order valence-electron chi connectivity index (χ1n) is 7.15. The molecule has 1 atom stereocenters. The van der Waals surface area contributed by atoms with Gasteiger partial charge in [0.15, 0.2) is 0 Å². The minimum atomic E-state index is -0.411. The summed E-state index contributed by atoms with van der Waals surface area (Å²) in [7, 11) is 0. The highest BCUT2D eigenvalue weighted by atomic mass is 16.6. The van der Waals surface area contributed by atoms with Gasteiger partial charge >= 0.3 is 0 Å². The molecule has 6 heteroatoms. The molecule has 1 aromatic rings. The zero-order valence-corrected chi connectivity index (χ0v) is 12.8. The molecule has 0 amide bonds. The Balaban J connectivity index is 2.81. The molecule has 0 fully saturated rings. The number of hydrogen-bond donors (Lipinski definition) is 2. The number of nitro groups is 1. The van der Waals surface area contributed by atoms with Gasteiger partial charge in [0.1, 0.15) is 5.75 Å². The smallest absolute Gasteiger partial charge is 0.270 e. The summed E-state index contributed by atoms with van der Waals surface area (Å²) in [4.78, 5) is 10.5. The van der Waals surface area contributed by atoms with E-state index in [0.29, 0.717) is 24.8 Å². The van der Waals surface area contributed by atoms with Crippen LogP contribution in [0.2, 0.25) is 0 Å². The minimum Gasteiger partial charge on any atom is -0.493 e. The molecule has 0 radical (unpaired) electrons. The Morgan fingerprint density at radius 2 is 2.10 bits per heavy atom. The first kappa shape index (κ1) is 17.4. The topological polar surface area (TPSA) is 84.6 Å². The molecule has 0 heterocycles. The van der Waals surface area contributed by atoms with Crippen molar-refractivity contribution in [2.75, 3.05) is 19.8 Å². The van der Waals surface area contributed by atoms with Crippen molar-refractivity contribution < 1.29 is 14.8 Å². The van der Waals surface area contributed by atoms with Crippen LogP contribution in [-0.4, -0.2) is 29.8 Å². The summed E-state index contributed by atoms with van der Waals surface area (Å²) < 4.78 is 5.66. The average Bonchev–Trinajstić information content (AvgIpc) is 2.44. The first-order chi connectivity index (χ1) is 9.93. The van der Waals surface area contributed by atoms with E-state index in [4.69, 9.17) is 9.84 Å². The Kier molecular flexibility index (Phi) is 7.11. The van der Waals surface area contributed by atoms with Gasteiger partial charge in [0.25, 0.3) is 5.69 Å². The van der Waals surface area contributed by atoms with Crippen LogP contribution in [0.5, 0.6) is 5.75 Å². The van der Waals surface area contributed by atoms with Crippen LogP contribution >= 0.6 is 0 Å². The van der Waals surface area contributed by atoms with E-state index < -0.39 is 4.92 Å². The number of nitro benzene ring substituents is 1. The van der Waals surface area contributed by atoms with E-state index in [9.17, 15) is 10.1 Å². The van der Waals surface area contributed by atoms with E-state index in [1.54, 1.807) is 6.07 Å². The third-order valence-corrected chi connectivity index (χ3v) is 2.96. The van der Waals surface area contributed by atoms with Crippen LogP contribution in [0.1, 0.15) is 26.3 Å². The van der Waals surface area contributed by atoms with Crippen LogP contribution in [0.3, 0.4) is 0 Å². The van der Waals surface area contributed by atoms with Gasteiger partial charge < -0.3 is 15.2 Å². The lowest BCUT2D eigenvalue weighted by Crippen LogP contribution is -2.20. The SMILES string of the molecule is CC(C)CNCc1cc([N+](=O)[O-])ccc1OCC(C)CO. The molecule has 0 saturated carbocycles. The number of ether oxygens (including phenoxy) is 1. The van der Waals surface area contributed by atoms with Gasteiger partial charge in [-0.25, -0.2) is 0 Å². The molecular weight excluding hydrogens is 272 g/mol. The molecule has 2 N–H and O–H groups in total. The molecule has 0 aliphatic rings. The summed E-state index contributed by atoms with van der Waals surface area (Å²) >= 11 is 0. The van der Waals surface area contributed by atoms with Gasteiger partial charge in [0.05, 0.1) is 11.5 Å². The molecule has 118 valence electrons. The molecule has 6 nitrogen and oxygen atoms in total. The standard InChI is InChI=1S/C15H24N2O4/c1-11(2)7-16-8-13-6-14(17(19)20)4-5-15(13)21-10-12(3)9-18/h4-6,11-12,16,18H,7-10H2,1-3H3. The molecule has 0 bridgehead atoms. The highest BCUT2D eigenvalue weighted by Crippen LogP contribution is 2.24. The molecule has 21 heavy (non-hydrogen) atoms. The van der Waals surface area contributed by atoms with Gasteiger partial charge in [-0.15, -0.1) is 0 Å². The fraction of sp³-hybridized carbons (Fsp3) is 0.600. The number of rotatable bonds is 9. The lowest BCUT2D eigenvalue weighted by Gasteiger charge is -2.15. The second-order valence-corrected chi connectivity index (χ2v) is 5.67. The van der Waals surface area contributed by atoms with Crippen molar-refractivity contribution in [3.63, 3.8) is 0 Å². The molecule has 1 rings (SSSR count). The van der Waals surface area contributed by atoms with Gasteiger partial charge in [-0.2, -0.15) is 0 Å². The summed E-state index contributed by atoms with van der Waals surface area (Å²) in [6.07, 6.45) is 0. The van der Waals surface area contributed by atoms with Crippen molar-refractivity contribution >= 4 is 5.69 Å². The summed E-state index contributed by atoms with van der Waals surface area (Å²) in [5.74, 6) is 1.15. The van der Waals surface area contributed by atoms with E-state index in [1.807, 2.05) is 6.92 Å². The summed E-state index contributed by atoms with van der Waals surface area (Å²) in [6.45, 7) is 7.85. The predicted octanol–water partition coefficient (Wildman–Crippen LogP) is 2.35. The molecule has 0 aliphatic carbocycles. The molecular formula is C15H24N2O4. The van der Waals surface area contributed by atoms with Crippen LogP contribution in [-0.2, 0) is 6.54 Å². The maximum atomic E-state index is 10.9. The number of non-ortho nitro benzene ring substituents is 1. The Morgan fingerprint density at radius 3 is 2.67 bits per heavy atom. The summed E-state index contributed by atoms with van der Waals surface area (Å²) in [6, 6.07) is 4.59. The number of nitrogens with zero attached hydrogens (tertiary/aromatic N) is 1. The fourth-order valence-electron chi connectivity index (χ4n) is 1.74. The van der Waals surface area contributed by atoms with Gasteiger partial charge in [-0.3, -0.25) is 10.1 Å². The van der Waals surface area contributed by atoms with Crippen molar-refractivity contribution in [1.29, 1.82) is 0 Å².